The van der Waals surface area contributed by atoms with E-state index in [-0.39, 0.29) is 17.3 Å². The normalized spacial score (nSPS) is 10.3. The predicted octanol–water partition coefficient (Wildman–Crippen LogP) is 3.56. The molecule has 1 aromatic heterocycles. The van der Waals surface area contributed by atoms with E-state index >= 15 is 0 Å². The van der Waals surface area contributed by atoms with E-state index in [1.165, 1.54) is 18.2 Å². The van der Waals surface area contributed by atoms with Crippen LogP contribution in [0, 0.1) is 12.7 Å². The minimum absolute atomic E-state index is 0.00643. The first kappa shape index (κ1) is 14.7. The lowest BCUT2D eigenvalue weighted by atomic mass is 10.2. The van der Waals surface area contributed by atoms with Crippen LogP contribution in [0.3, 0.4) is 0 Å². The van der Waals surface area contributed by atoms with E-state index < -0.39 is 11.7 Å². The molecule has 0 fully saturated rings. The van der Waals surface area contributed by atoms with Gasteiger partial charge >= 0.3 is 6.01 Å². The first-order chi connectivity index (χ1) is 11.1. The molecule has 0 atom stereocenters. The number of amides is 1. The Morgan fingerprint density at radius 2 is 2.00 bits per heavy atom. The smallest absolute Gasteiger partial charge is 0.322 e. The molecule has 3 rings (SSSR count). The Hall–Kier alpha value is -3.22. The van der Waals surface area contributed by atoms with Crippen LogP contribution in [0.15, 0.2) is 52.9 Å². The SMILES string of the molecule is Cc1nnc(NC(=O)c2ccccc2Oc2cccc(F)c2)o1. The highest BCUT2D eigenvalue weighted by molar-refractivity contribution is 6.05. The zero-order valence-corrected chi connectivity index (χ0v) is 12.1. The third-order valence-corrected chi connectivity index (χ3v) is 2.90. The molecule has 1 N–H and O–H groups in total. The second kappa shape index (κ2) is 6.27. The molecule has 1 heterocycles. The number of para-hydroxylation sites is 1. The molecule has 0 aliphatic heterocycles. The Morgan fingerprint density at radius 1 is 1.17 bits per heavy atom. The molecular formula is C16H12FN3O3. The van der Waals surface area contributed by atoms with Crippen molar-refractivity contribution in [2.45, 2.75) is 6.92 Å². The van der Waals surface area contributed by atoms with Crippen molar-refractivity contribution in [1.82, 2.24) is 10.2 Å². The Balaban J connectivity index is 1.84. The molecular weight excluding hydrogens is 301 g/mol. The summed E-state index contributed by atoms with van der Waals surface area (Å²) in [7, 11) is 0. The minimum atomic E-state index is -0.472. The van der Waals surface area contributed by atoms with Crippen molar-refractivity contribution in [3.63, 3.8) is 0 Å². The monoisotopic (exact) mass is 313 g/mol. The second-order valence-electron chi connectivity index (χ2n) is 4.64. The molecule has 0 spiro atoms. The Kier molecular flexibility index (Phi) is 4.01. The van der Waals surface area contributed by atoms with Crippen molar-refractivity contribution in [2.75, 3.05) is 5.32 Å². The summed E-state index contributed by atoms with van der Waals surface area (Å²) in [5, 5.41) is 9.81. The molecule has 2 aromatic carbocycles. The van der Waals surface area contributed by atoms with Gasteiger partial charge in [0.2, 0.25) is 5.89 Å². The molecule has 3 aromatic rings. The van der Waals surface area contributed by atoms with Gasteiger partial charge in [-0.3, -0.25) is 10.1 Å². The van der Waals surface area contributed by atoms with Gasteiger partial charge in [0.15, 0.2) is 0 Å². The number of hydrogen-bond acceptors (Lipinski definition) is 5. The molecule has 0 aliphatic rings. The molecule has 0 bridgehead atoms. The van der Waals surface area contributed by atoms with Gasteiger partial charge in [0, 0.05) is 13.0 Å². The van der Waals surface area contributed by atoms with Crippen LogP contribution in [0.4, 0.5) is 10.4 Å². The van der Waals surface area contributed by atoms with E-state index in [0.717, 1.165) is 0 Å². The Labute approximate surface area is 130 Å². The molecule has 7 heteroatoms. The maximum atomic E-state index is 13.2. The summed E-state index contributed by atoms with van der Waals surface area (Å²) in [5.74, 6) is 0.0155. The number of nitrogens with zero attached hydrogens (tertiary/aromatic N) is 2. The number of nitrogens with one attached hydrogen (secondary N) is 1. The van der Waals surface area contributed by atoms with E-state index in [9.17, 15) is 9.18 Å². The quantitative estimate of drug-likeness (QED) is 0.797. The third kappa shape index (κ3) is 3.52. The van der Waals surface area contributed by atoms with Crippen LogP contribution in [0.25, 0.3) is 0 Å². The van der Waals surface area contributed by atoms with Gasteiger partial charge in [-0.15, -0.1) is 5.10 Å². The summed E-state index contributed by atoms with van der Waals surface area (Å²) >= 11 is 0. The Bertz CT molecular complexity index is 848. The lowest BCUT2D eigenvalue weighted by Crippen LogP contribution is -2.13. The fraction of sp³-hybridized carbons (Fsp3) is 0.0625. The lowest BCUT2D eigenvalue weighted by molar-refractivity contribution is 0.102. The van der Waals surface area contributed by atoms with Gasteiger partial charge in [0.25, 0.3) is 5.91 Å². The lowest BCUT2D eigenvalue weighted by Gasteiger charge is -2.10. The number of halogens is 1. The first-order valence-electron chi connectivity index (χ1n) is 6.76. The van der Waals surface area contributed by atoms with E-state index in [4.69, 9.17) is 9.15 Å². The molecule has 0 radical (unpaired) electrons. The molecule has 0 aliphatic carbocycles. The van der Waals surface area contributed by atoms with Gasteiger partial charge in [-0.05, 0) is 24.3 Å². The predicted molar refractivity (Wildman–Crippen MR) is 79.9 cm³/mol. The summed E-state index contributed by atoms with van der Waals surface area (Å²) in [6, 6.07) is 12.2. The number of benzene rings is 2. The van der Waals surface area contributed by atoms with E-state index in [0.29, 0.717) is 11.6 Å². The number of aromatic nitrogens is 2. The summed E-state index contributed by atoms with van der Waals surface area (Å²) in [4.78, 5) is 12.3. The average molecular weight is 313 g/mol. The zero-order chi connectivity index (χ0) is 16.2. The van der Waals surface area contributed by atoms with Crippen LogP contribution < -0.4 is 10.1 Å². The van der Waals surface area contributed by atoms with E-state index in [1.807, 2.05) is 0 Å². The van der Waals surface area contributed by atoms with Crippen molar-refractivity contribution < 1.29 is 18.3 Å². The molecule has 1 amide bonds. The van der Waals surface area contributed by atoms with Crippen LogP contribution in [-0.4, -0.2) is 16.1 Å². The topological polar surface area (TPSA) is 77.2 Å². The molecule has 0 saturated heterocycles. The number of hydrogen-bond donors (Lipinski definition) is 1. The van der Waals surface area contributed by atoms with Crippen LogP contribution in [0.5, 0.6) is 11.5 Å². The molecule has 6 nitrogen and oxygen atoms in total. The van der Waals surface area contributed by atoms with Gasteiger partial charge < -0.3 is 9.15 Å². The number of rotatable bonds is 4. The van der Waals surface area contributed by atoms with Crippen LogP contribution in [0.2, 0.25) is 0 Å². The summed E-state index contributed by atoms with van der Waals surface area (Å²) in [6.45, 7) is 1.61. The third-order valence-electron chi connectivity index (χ3n) is 2.90. The fourth-order valence-corrected chi connectivity index (χ4v) is 1.91. The fourth-order valence-electron chi connectivity index (χ4n) is 1.91. The standard InChI is InChI=1S/C16H12FN3O3/c1-10-19-20-16(22-10)18-15(21)13-7-2-3-8-14(13)23-12-6-4-5-11(17)9-12/h2-9H,1H3,(H,18,20,21). The minimum Gasteiger partial charge on any atom is -0.456 e. The van der Waals surface area contributed by atoms with Gasteiger partial charge in [-0.2, -0.15) is 0 Å². The van der Waals surface area contributed by atoms with Crippen molar-refractivity contribution in [3.8, 4) is 11.5 Å². The van der Waals surface area contributed by atoms with Crippen molar-refractivity contribution in [2.24, 2.45) is 0 Å². The second-order valence-corrected chi connectivity index (χ2v) is 4.64. The van der Waals surface area contributed by atoms with Gasteiger partial charge in [-0.25, -0.2) is 4.39 Å². The van der Waals surface area contributed by atoms with Crippen molar-refractivity contribution in [1.29, 1.82) is 0 Å². The van der Waals surface area contributed by atoms with Crippen LogP contribution >= 0.6 is 0 Å². The molecule has 116 valence electrons. The van der Waals surface area contributed by atoms with Gasteiger partial charge in [0.05, 0.1) is 5.56 Å². The summed E-state index contributed by atoms with van der Waals surface area (Å²) < 4.78 is 23.9. The van der Waals surface area contributed by atoms with Crippen molar-refractivity contribution in [3.05, 3.63) is 65.8 Å². The molecule has 23 heavy (non-hydrogen) atoms. The van der Waals surface area contributed by atoms with Crippen LogP contribution in [0.1, 0.15) is 16.2 Å². The average Bonchev–Trinajstić information content (AvgIpc) is 2.93. The van der Waals surface area contributed by atoms with Gasteiger partial charge in [-0.1, -0.05) is 23.3 Å². The number of carbonyl (C=O) groups excluding carboxylic acids is 1. The van der Waals surface area contributed by atoms with Crippen molar-refractivity contribution >= 4 is 11.9 Å². The maximum absolute atomic E-state index is 13.2. The highest BCUT2D eigenvalue weighted by Gasteiger charge is 2.15. The molecule has 0 saturated carbocycles. The van der Waals surface area contributed by atoms with Crippen LogP contribution in [-0.2, 0) is 0 Å². The Morgan fingerprint density at radius 3 is 2.74 bits per heavy atom. The number of carbonyl (C=O) groups is 1. The highest BCUT2D eigenvalue weighted by Crippen LogP contribution is 2.26. The van der Waals surface area contributed by atoms with Gasteiger partial charge in [0.1, 0.15) is 17.3 Å². The van der Waals surface area contributed by atoms with E-state index in [2.05, 4.69) is 15.5 Å². The highest BCUT2D eigenvalue weighted by atomic mass is 19.1. The number of aryl methyl sites for hydroxylation is 1. The molecule has 0 unspecified atom stereocenters. The largest absolute Gasteiger partial charge is 0.456 e. The number of anilines is 1. The number of ether oxygens (including phenoxy) is 1. The summed E-state index contributed by atoms with van der Waals surface area (Å²) in [5.41, 5.74) is 0.257. The maximum Gasteiger partial charge on any atom is 0.322 e. The summed E-state index contributed by atoms with van der Waals surface area (Å²) in [6.07, 6.45) is 0. The van der Waals surface area contributed by atoms with E-state index in [1.54, 1.807) is 37.3 Å². The zero-order valence-electron chi connectivity index (χ0n) is 12.1. The first-order valence-corrected chi connectivity index (χ1v) is 6.76.